The van der Waals surface area contributed by atoms with Gasteiger partial charge in [0, 0.05) is 10.0 Å². The van der Waals surface area contributed by atoms with E-state index in [1.165, 1.54) is 11.6 Å². The van der Waals surface area contributed by atoms with Gasteiger partial charge in [0.2, 0.25) is 0 Å². The summed E-state index contributed by atoms with van der Waals surface area (Å²) in [4.78, 5) is 0. The zero-order chi connectivity index (χ0) is 15.8. The van der Waals surface area contributed by atoms with Crippen LogP contribution in [0.15, 0.2) is 40.9 Å². The lowest BCUT2D eigenvalue weighted by atomic mass is 9.86. The quantitative estimate of drug-likeness (QED) is 0.685. The van der Waals surface area contributed by atoms with E-state index in [-0.39, 0.29) is 11.2 Å². The molecule has 0 saturated heterocycles. The van der Waals surface area contributed by atoms with Gasteiger partial charge in [-0.3, -0.25) is 0 Å². The topological polar surface area (TPSA) is 26.0 Å². The smallest absolute Gasteiger partial charge is 0.129 e. The van der Waals surface area contributed by atoms with Crippen LogP contribution in [-0.4, -0.2) is 0 Å². The van der Waals surface area contributed by atoms with Gasteiger partial charge in [0.05, 0.1) is 11.1 Å². The summed E-state index contributed by atoms with van der Waals surface area (Å²) in [5.74, 6) is -0.362. The van der Waals surface area contributed by atoms with E-state index in [1.807, 2.05) is 24.3 Å². The molecule has 2 aromatic rings. The van der Waals surface area contributed by atoms with Crippen LogP contribution in [-0.2, 0) is 5.41 Å². The monoisotopic (exact) mass is 369 g/mol. The van der Waals surface area contributed by atoms with E-state index < -0.39 is 6.04 Å². The van der Waals surface area contributed by atoms with Crippen molar-refractivity contribution in [3.8, 4) is 0 Å². The van der Waals surface area contributed by atoms with Crippen LogP contribution in [0.5, 0.6) is 0 Å². The average molecular weight is 371 g/mol. The molecule has 0 amide bonds. The maximum Gasteiger partial charge on any atom is 0.129 e. The van der Waals surface area contributed by atoms with Gasteiger partial charge in [-0.1, -0.05) is 56.6 Å². The van der Waals surface area contributed by atoms with Crippen molar-refractivity contribution in [1.29, 1.82) is 0 Å². The van der Waals surface area contributed by atoms with Gasteiger partial charge in [-0.05, 0) is 44.6 Å². The predicted molar refractivity (Wildman–Crippen MR) is 90.3 cm³/mol. The van der Waals surface area contributed by atoms with Gasteiger partial charge in [0.25, 0.3) is 0 Å². The van der Waals surface area contributed by atoms with Crippen molar-refractivity contribution in [1.82, 2.24) is 0 Å². The summed E-state index contributed by atoms with van der Waals surface area (Å²) in [5.41, 5.74) is 8.73. The zero-order valence-electron chi connectivity index (χ0n) is 12.3. The Kier molecular flexibility index (Phi) is 4.76. The Hall–Kier alpha value is -0.900. The van der Waals surface area contributed by atoms with Gasteiger partial charge in [-0.15, -0.1) is 0 Å². The molecule has 2 rings (SSSR count). The molecule has 112 valence electrons. The molecule has 1 unspecified atom stereocenters. The van der Waals surface area contributed by atoms with Gasteiger partial charge in [0.15, 0.2) is 0 Å². The van der Waals surface area contributed by atoms with Crippen LogP contribution in [0.3, 0.4) is 0 Å². The van der Waals surface area contributed by atoms with Gasteiger partial charge < -0.3 is 5.73 Å². The van der Waals surface area contributed by atoms with Gasteiger partial charge in [0.1, 0.15) is 5.82 Å². The van der Waals surface area contributed by atoms with E-state index in [4.69, 9.17) is 17.3 Å². The first kappa shape index (κ1) is 16.5. The second-order valence-corrected chi connectivity index (χ2v) is 7.40. The second-order valence-electron chi connectivity index (χ2n) is 6.14. The molecule has 21 heavy (non-hydrogen) atoms. The molecule has 4 heteroatoms. The Balaban J connectivity index is 2.36. The van der Waals surface area contributed by atoms with E-state index in [1.54, 1.807) is 6.07 Å². The molecule has 2 aromatic carbocycles. The number of halogens is 3. The van der Waals surface area contributed by atoms with Crippen LogP contribution in [0, 0.1) is 5.82 Å². The molecule has 0 heterocycles. The molecule has 0 bridgehead atoms. The maximum absolute atomic E-state index is 14.1. The van der Waals surface area contributed by atoms with E-state index >= 15 is 0 Å². The van der Waals surface area contributed by atoms with Crippen LogP contribution in [0.25, 0.3) is 0 Å². The minimum atomic E-state index is -0.537. The lowest BCUT2D eigenvalue weighted by Crippen LogP contribution is -2.15. The predicted octanol–water partition coefficient (Wildman–Crippen LogP) is 5.59. The summed E-state index contributed by atoms with van der Waals surface area (Å²) in [5, 5.41) is 0.452. The normalized spacial score (nSPS) is 13.3. The highest BCUT2D eigenvalue weighted by Gasteiger charge is 2.18. The maximum atomic E-state index is 14.1. The molecule has 0 aliphatic carbocycles. The molecular weight excluding hydrogens is 353 g/mol. The number of nitrogens with two attached hydrogens (primary N) is 1. The average Bonchev–Trinajstić information content (AvgIpc) is 2.41. The van der Waals surface area contributed by atoms with Gasteiger partial charge in [-0.25, -0.2) is 4.39 Å². The zero-order valence-corrected chi connectivity index (χ0v) is 14.6. The Labute approximate surface area is 138 Å². The van der Waals surface area contributed by atoms with Crippen LogP contribution in [0.1, 0.15) is 43.5 Å². The van der Waals surface area contributed by atoms with Crippen molar-refractivity contribution in [2.24, 2.45) is 5.73 Å². The number of rotatable bonds is 2. The molecular formula is C17H18BrClFN. The molecule has 0 fully saturated rings. The van der Waals surface area contributed by atoms with Crippen LogP contribution in [0.4, 0.5) is 4.39 Å². The fraction of sp³-hybridized carbons (Fsp3) is 0.294. The number of hydrogen-bond acceptors (Lipinski definition) is 1. The van der Waals surface area contributed by atoms with E-state index in [0.29, 0.717) is 15.1 Å². The fourth-order valence-electron chi connectivity index (χ4n) is 2.15. The molecule has 0 aliphatic heterocycles. The third kappa shape index (κ3) is 3.65. The minimum absolute atomic E-state index is 0.0782. The SMILES string of the molecule is CC(C)(C)c1ccc(C(N)c2cc(Cl)c(Br)cc2F)cc1. The molecule has 0 aromatic heterocycles. The Morgan fingerprint density at radius 3 is 2.24 bits per heavy atom. The lowest BCUT2D eigenvalue weighted by molar-refractivity contribution is 0.588. The molecule has 0 spiro atoms. The summed E-state index contributed by atoms with van der Waals surface area (Å²) in [6.45, 7) is 6.45. The minimum Gasteiger partial charge on any atom is -0.320 e. The first-order valence-corrected chi connectivity index (χ1v) is 7.87. The van der Waals surface area contributed by atoms with Gasteiger partial charge >= 0.3 is 0 Å². The first-order chi connectivity index (χ1) is 9.70. The van der Waals surface area contributed by atoms with Gasteiger partial charge in [-0.2, -0.15) is 0 Å². The summed E-state index contributed by atoms with van der Waals surface area (Å²) in [6, 6.07) is 10.3. The van der Waals surface area contributed by atoms with Crippen molar-refractivity contribution in [3.05, 3.63) is 68.4 Å². The second kappa shape index (κ2) is 6.07. The fourth-order valence-corrected chi connectivity index (χ4v) is 2.63. The standard InChI is InChI=1S/C17H18BrClFN/c1-17(2,3)11-6-4-10(5-7-11)16(21)12-8-14(19)13(18)9-15(12)20/h4-9,16H,21H2,1-3H3. The van der Waals surface area contributed by atoms with Crippen LogP contribution in [0.2, 0.25) is 5.02 Å². The summed E-state index contributed by atoms with van der Waals surface area (Å²) in [6.07, 6.45) is 0. The highest BCUT2D eigenvalue weighted by Crippen LogP contribution is 2.31. The van der Waals surface area contributed by atoms with E-state index in [0.717, 1.165) is 5.56 Å². The lowest BCUT2D eigenvalue weighted by Gasteiger charge is -2.20. The summed E-state index contributed by atoms with van der Waals surface area (Å²) in [7, 11) is 0. The summed E-state index contributed by atoms with van der Waals surface area (Å²) < 4.78 is 14.6. The Morgan fingerprint density at radius 2 is 1.71 bits per heavy atom. The van der Waals surface area contributed by atoms with Crippen molar-refractivity contribution < 1.29 is 4.39 Å². The third-order valence-corrected chi connectivity index (χ3v) is 4.71. The molecule has 1 atom stereocenters. The molecule has 2 N–H and O–H groups in total. The highest BCUT2D eigenvalue weighted by atomic mass is 79.9. The van der Waals surface area contributed by atoms with Crippen LogP contribution < -0.4 is 5.73 Å². The Morgan fingerprint density at radius 1 is 1.14 bits per heavy atom. The first-order valence-electron chi connectivity index (χ1n) is 6.70. The number of hydrogen-bond donors (Lipinski definition) is 1. The molecule has 0 radical (unpaired) electrons. The number of benzene rings is 2. The molecule has 1 nitrogen and oxygen atoms in total. The van der Waals surface area contributed by atoms with E-state index in [2.05, 4.69) is 36.7 Å². The molecule has 0 saturated carbocycles. The largest absolute Gasteiger partial charge is 0.320 e. The Bertz CT molecular complexity index is 647. The van der Waals surface area contributed by atoms with Crippen molar-refractivity contribution in [2.45, 2.75) is 32.2 Å². The molecule has 0 aliphatic rings. The van der Waals surface area contributed by atoms with Crippen LogP contribution >= 0.6 is 27.5 Å². The van der Waals surface area contributed by atoms with Crippen molar-refractivity contribution in [2.75, 3.05) is 0 Å². The summed E-state index contributed by atoms with van der Waals surface area (Å²) >= 11 is 9.24. The highest BCUT2D eigenvalue weighted by molar-refractivity contribution is 9.10. The third-order valence-electron chi connectivity index (χ3n) is 3.51. The van der Waals surface area contributed by atoms with Crippen molar-refractivity contribution >= 4 is 27.5 Å². The van der Waals surface area contributed by atoms with Crippen molar-refractivity contribution in [3.63, 3.8) is 0 Å². The van der Waals surface area contributed by atoms with E-state index in [9.17, 15) is 4.39 Å².